The number of carbonyl (C=O) groups excluding carboxylic acids is 1. The number of ether oxygens (including phenoxy) is 1. The van der Waals surface area contributed by atoms with Crippen LogP contribution in [0, 0.1) is 5.92 Å². The van der Waals surface area contributed by atoms with Gasteiger partial charge in [-0.1, -0.05) is 56.6 Å². The van der Waals surface area contributed by atoms with Crippen LogP contribution >= 0.6 is 11.6 Å². The number of fused-ring (bicyclic) bond motifs is 1. The molecule has 1 amide bonds. The van der Waals surface area contributed by atoms with E-state index >= 15 is 0 Å². The molecule has 1 aliphatic heterocycles. The maximum atomic E-state index is 13.8. The van der Waals surface area contributed by atoms with Crippen molar-refractivity contribution in [1.29, 1.82) is 0 Å². The van der Waals surface area contributed by atoms with E-state index < -0.39 is 17.9 Å². The number of rotatable bonds is 7. The van der Waals surface area contributed by atoms with Crippen LogP contribution in [0.2, 0.25) is 5.02 Å². The number of aliphatic carboxylic acids is 1. The lowest BCUT2D eigenvalue weighted by atomic mass is 9.82. The highest BCUT2D eigenvalue weighted by Crippen LogP contribution is 2.43. The Morgan fingerprint density at radius 3 is 2.52 bits per heavy atom. The summed E-state index contributed by atoms with van der Waals surface area (Å²) in [5.74, 6) is -0.811. The van der Waals surface area contributed by atoms with Gasteiger partial charge in [-0.05, 0) is 48.1 Å². The zero-order valence-corrected chi connectivity index (χ0v) is 19.2. The van der Waals surface area contributed by atoms with Gasteiger partial charge in [0.1, 0.15) is 11.8 Å². The number of halogens is 1. The Hall–Kier alpha value is -2.53. The van der Waals surface area contributed by atoms with Crippen LogP contribution in [-0.4, -0.2) is 41.6 Å². The number of amides is 1. The van der Waals surface area contributed by atoms with Crippen LogP contribution in [0.15, 0.2) is 42.5 Å². The van der Waals surface area contributed by atoms with Crippen molar-refractivity contribution in [2.24, 2.45) is 5.92 Å². The van der Waals surface area contributed by atoms with Gasteiger partial charge in [-0.3, -0.25) is 4.79 Å². The quantitative estimate of drug-likeness (QED) is 0.629. The number of para-hydroxylation sites is 1. The highest BCUT2D eigenvalue weighted by molar-refractivity contribution is 6.30. The maximum absolute atomic E-state index is 13.8. The van der Waals surface area contributed by atoms with Crippen molar-refractivity contribution >= 4 is 23.5 Å². The molecule has 0 aromatic heterocycles. The largest absolute Gasteiger partial charge is 0.496 e. The molecule has 0 aliphatic carbocycles. The van der Waals surface area contributed by atoms with Gasteiger partial charge in [-0.25, -0.2) is 4.79 Å². The molecule has 166 valence electrons. The number of carboxylic acid groups (broad SMARTS) is 1. The van der Waals surface area contributed by atoms with Gasteiger partial charge in [0, 0.05) is 23.0 Å². The molecule has 5 nitrogen and oxygen atoms in total. The Bertz CT molecular complexity index is 958. The molecule has 1 aliphatic rings. The van der Waals surface area contributed by atoms with Gasteiger partial charge < -0.3 is 14.7 Å². The van der Waals surface area contributed by atoms with Crippen LogP contribution in [0.3, 0.4) is 0 Å². The first-order valence-electron chi connectivity index (χ1n) is 10.7. The number of benzene rings is 2. The molecule has 0 spiro atoms. The monoisotopic (exact) mass is 443 g/mol. The Labute approximate surface area is 189 Å². The Morgan fingerprint density at radius 1 is 1.19 bits per heavy atom. The van der Waals surface area contributed by atoms with E-state index in [9.17, 15) is 14.7 Å². The van der Waals surface area contributed by atoms with E-state index in [4.69, 9.17) is 16.3 Å². The van der Waals surface area contributed by atoms with E-state index in [1.807, 2.05) is 42.5 Å². The second-order valence-corrected chi connectivity index (χ2v) is 8.94. The molecule has 0 saturated carbocycles. The highest BCUT2D eigenvalue weighted by Gasteiger charge is 2.41. The number of hydrogen-bond donors (Lipinski definition) is 1. The molecular weight excluding hydrogens is 414 g/mol. The molecule has 6 heteroatoms. The fourth-order valence-electron chi connectivity index (χ4n) is 4.61. The maximum Gasteiger partial charge on any atom is 0.326 e. The third-order valence-corrected chi connectivity index (χ3v) is 6.26. The summed E-state index contributed by atoms with van der Waals surface area (Å²) >= 11 is 6.40. The molecule has 1 N–H and O–H groups in total. The smallest absolute Gasteiger partial charge is 0.326 e. The first-order chi connectivity index (χ1) is 14.8. The van der Waals surface area contributed by atoms with Crippen molar-refractivity contribution in [2.75, 3.05) is 13.7 Å². The number of carbonyl (C=O) groups is 2. The van der Waals surface area contributed by atoms with Crippen molar-refractivity contribution in [3.8, 4) is 5.75 Å². The summed E-state index contributed by atoms with van der Waals surface area (Å²) in [5.41, 5.74) is 2.79. The predicted octanol–water partition coefficient (Wildman–Crippen LogP) is 5.32. The second kappa shape index (κ2) is 9.73. The van der Waals surface area contributed by atoms with Gasteiger partial charge in [0.25, 0.3) is 0 Å². The van der Waals surface area contributed by atoms with Crippen LogP contribution in [-0.2, 0) is 9.59 Å². The van der Waals surface area contributed by atoms with Crippen molar-refractivity contribution < 1.29 is 19.4 Å². The van der Waals surface area contributed by atoms with Gasteiger partial charge in [-0.15, -0.1) is 0 Å². The molecule has 0 saturated heterocycles. The summed E-state index contributed by atoms with van der Waals surface area (Å²) in [7, 11) is 1.62. The number of carboxylic acids is 1. The molecular formula is C25H30ClNO4. The van der Waals surface area contributed by atoms with Crippen LogP contribution in [0.4, 0.5) is 0 Å². The third kappa shape index (κ3) is 4.72. The van der Waals surface area contributed by atoms with Gasteiger partial charge in [0.2, 0.25) is 5.91 Å². The fraction of sp³-hybridized carbons (Fsp3) is 0.440. The minimum Gasteiger partial charge on any atom is -0.496 e. The van der Waals surface area contributed by atoms with Crippen LogP contribution in [0.5, 0.6) is 5.75 Å². The van der Waals surface area contributed by atoms with E-state index in [-0.39, 0.29) is 24.3 Å². The minimum absolute atomic E-state index is 0.135. The van der Waals surface area contributed by atoms with Crippen LogP contribution in [0.25, 0.3) is 0 Å². The number of hydrogen-bond acceptors (Lipinski definition) is 3. The molecule has 0 fully saturated rings. The minimum atomic E-state index is -0.984. The highest BCUT2D eigenvalue weighted by atomic mass is 35.5. The third-order valence-electron chi connectivity index (χ3n) is 6.03. The Morgan fingerprint density at radius 2 is 1.90 bits per heavy atom. The van der Waals surface area contributed by atoms with E-state index in [0.717, 1.165) is 16.7 Å². The zero-order chi connectivity index (χ0) is 22.7. The molecule has 2 aromatic rings. The van der Waals surface area contributed by atoms with Crippen LogP contribution in [0.1, 0.15) is 62.1 Å². The van der Waals surface area contributed by atoms with E-state index in [2.05, 4.69) is 13.8 Å². The predicted molar refractivity (Wildman–Crippen MR) is 122 cm³/mol. The summed E-state index contributed by atoms with van der Waals surface area (Å²) in [6.07, 6.45) is 0.976. The summed E-state index contributed by atoms with van der Waals surface area (Å²) < 4.78 is 5.62. The van der Waals surface area contributed by atoms with Crippen LogP contribution < -0.4 is 4.74 Å². The average molecular weight is 444 g/mol. The van der Waals surface area contributed by atoms with E-state index in [1.165, 1.54) is 0 Å². The Balaban J connectivity index is 2.26. The zero-order valence-electron chi connectivity index (χ0n) is 18.5. The normalized spacial score (nSPS) is 19.7. The van der Waals surface area contributed by atoms with Crippen molar-refractivity contribution in [3.63, 3.8) is 0 Å². The lowest BCUT2D eigenvalue weighted by molar-refractivity contribution is -0.151. The molecule has 0 radical (unpaired) electrons. The molecule has 0 bridgehead atoms. The van der Waals surface area contributed by atoms with Gasteiger partial charge in [0.05, 0.1) is 13.0 Å². The summed E-state index contributed by atoms with van der Waals surface area (Å²) in [6.45, 7) is 6.21. The molecule has 3 unspecified atom stereocenters. The SMILES string of the molecule is CCC(C(=O)O)N1CC(c2ccccc2OC)c2cc(Cl)ccc2C(CC(C)C)C1=O. The summed E-state index contributed by atoms with van der Waals surface area (Å²) in [5, 5.41) is 10.5. The van der Waals surface area contributed by atoms with E-state index in [1.54, 1.807) is 18.9 Å². The average Bonchev–Trinajstić information content (AvgIpc) is 2.84. The molecule has 1 heterocycles. The molecule has 3 atom stereocenters. The van der Waals surface area contributed by atoms with Crippen molar-refractivity contribution in [3.05, 3.63) is 64.2 Å². The lowest BCUT2D eigenvalue weighted by Crippen LogP contribution is -2.47. The van der Waals surface area contributed by atoms with Gasteiger partial charge in [0.15, 0.2) is 0 Å². The standard InChI is InChI=1S/C25H30ClNO4/c1-5-22(25(29)30)27-14-21(18-8-6-7-9-23(18)31-4)19-13-16(26)10-11-17(19)20(24(27)28)12-15(2)3/h6-11,13,15,20-22H,5,12,14H2,1-4H3,(H,29,30). The Kier molecular flexibility index (Phi) is 7.26. The van der Waals surface area contributed by atoms with E-state index in [0.29, 0.717) is 23.6 Å². The fourth-order valence-corrected chi connectivity index (χ4v) is 4.79. The first-order valence-corrected chi connectivity index (χ1v) is 11.1. The van der Waals surface area contributed by atoms with Crippen molar-refractivity contribution in [2.45, 2.75) is 51.5 Å². The number of nitrogens with zero attached hydrogens (tertiary/aromatic N) is 1. The molecule has 2 aromatic carbocycles. The number of methoxy groups -OCH3 is 1. The molecule has 31 heavy (non-hydrogen) atoms. The second-order valence-electron chi connectivity index (χ2n) is 8.50. The summed E-state index contributed by atoms with van der Waals surface area (Å²) in [4.78, 5) is 27.4. The summed E-state index contributed by atoms with van der Waals surface area (Å²) in [6, 6.07) is 12.5. The van der Waals surface area contributed by atoms with Gasteiger partial charge in [-0.2, -0.15) is 0 Å². The molecule has 3 rings (SSSR count). The van der Waals surface area contributed by atoms with Crippen molar-refractivity contribution in [1.82, 2.24) is 4.90 Å². The lowest BCUT2D eigenvalue weighted by Gasteiger charge is -2.32. The first kappa shape index (κ1) is 23.1. The topological polar surface area (TPSA) is 66.8 Å². The van der Waals surface area contributed by atoms with Gasteiger partial charge >= 0.3 is 5.97 Å².